The molecule has 2 aromatic carbocycles. The molecule has 2 aromatic rings. The molecule has 0 atom stereocenters. The predicted octanol–water partition coefficient (Wildman–Crippen LogP) is 3.37. The molecule has 19 heavy (non-hydrogen) atoms. The van der Waals surface area contributed by atoms with E-state index in [4.69, 9.17) is 5.26 Å². The highest BCUT2D eigenvalue weighted by molar-refractivity contribution is 6.04. The number of rotatable bonds is 4. The predicted molar refractivity (Wildman–Crippen MR) is 74.7 cm³/mol. The first-order valence-electron chi connectivity index (χ1n) is 5.83. The maximum absolute atomic E-state index is 11.8. The summed E-state index contributed by atoms with van der Waals surface area (Å²) in [5, 5.41) is 11.9. The van der Waals surface area contributed by atoms with E-state index >= 15 is 0 Å². The Kier molecular flexibility index (Phi) is 4.09. The van der Waals surface area contributed by atoms with Crippen LogP contribution in [0.2, 0.25) is 0 Å². The molecule has 0 amide bonds. The van der Waals surface area contributed by atoms with Gasteiger partial charge in [-0.3, -0.25) is 4.79 Å². The smallest absolute Gasteiger partial charge is 0.187 e. The third kappa shape index (κ3) is 3.30. The van der Waals surface area contributed by atoms with E-state index in [0.717, 1.165) is 0 Å². The van der Waals surface area contributed by atoms with E-state index in [-0.39, 0.29) is 5.78 Å². The summed E-state index contributed by atoms with van der Waals surface area (Å²) in [6, 6.07) is 18.2. The number of carbonyl (C=O) groups is 1. The minimum atomic E-state index is -0.0810. The number of hydrogen-bond acceptors (Lipinski definition) is 3. The van der Waals surface area contributed by atoms with Gasteiger partial charge in [-0.1, -0.05) is 42.5 Å². The number of benzene rings is 2. The molecule has 0 spiro atoms. The quantitative estimate of drug-likeness (QED) is 0.666. The SMILES string of the molecule is N#Cc1ccccc1N/C=C\C(=O)c1ccccc1. The van der Waals surface area contributed by atoms with E-state index in [2.05, 4.69) is 11.4 Å². The Morgan fingerprint density at radius 2 is 1.74 bits per heavy atom. The number of para-hydroxylation sites is 1. The van der Waals surface area contributed by atoms with Crippen LogP contribution in [-0.4, -0.2) is 5.78 Å². The second kappa shape index (κ2) is 6.18. The van der Waals surface area contributed by atoms with Crippen molar-refractivity contribution in [2.75, 3.05) is 5.32 Å². The summed E-state index contributed by atoms with van der Waals surface area (Å²) in [7, 11) is 0. The molecule has 2 rings (SSSR count). The number of carbonyl (C=O) groups excluding carboxylic acids is 1. The Morgan fingerprint density at radius 1 is 1.05 bits per heavy atom. The zero-order chi connectivity index (χ0) is 13.5. The summed E-state index contributed by atoms with van der Waals surface area (Å²) in [6.45, 7) is 0. The summed E-state index contributed by atoms with van der Waals surface area (Å²) in [6.07, 6.45) is 3.00. The standard InChI is InChI=1S/C16H12N2O/c17-12-14-8-4-5-9-15(14)18-11-10-16(19)13-6-2-1-3-7-13/h1-11,18H/b11-10-. The van der Waals surface area contributed by atoms with Crippen molar-refractivity contribution < 1.29 is 4.79 Å². The van der Waals surface area contributed by atoms with Crippen LogP contribution in [0.25, 0.3) is 0 Å². The topological polar surface area (TPSA) is 52.9 Å². The first-order chi connectivity index (χ1) is 9.31. The van der Waals surface area contributed by atoms with Gasteiger partial charge in [0.2, 0.25) is 0 Å². The van der Waals surface area contributed by atoms with E-state index in [1.54, 1.807) is 36.5 Å². The molecular weight excluding hydrogens is 236 g/mol. The first-order valence-corrected chi connectivity index (χ1v) is 5.83. The summed E-state index contributed by atoms with van der Waals surface area (Å²) in [5.74, 6) is -0.0810. The van der Waals surface area contributed by atoms with Gasteiger partial charge in [0.1, 0.15) is 6.07 Å². The summed E-state index contributed by atoms with van der Waals surface area (Å²) >= 11 is 0. The summed E-state index contributed by atoms with van der Waals surface area (Å²) in [5.41, 5.74) is 1.86. The third-order valence-electron chi connectivity index (χ3n) is 2.58. The highest BCUT2D eigenvalue weighted by Crippen LogP contribution is 2.13. The van der Waals surface area contributed by atoms with Crippen LogP contribution in [0.1, 0.15) is 15.9 Å². The molecule has 0 saturated carbocycles. The van der Waals surface area contributed by atoms with Crippen LogP contribution >= 0.6 is 0 Å². The van der Waals surface area contributed by atoms with E-state index in [9.17, 15) is 4.79 Å². The molecule has 0 aliphatic carbocycles. The maximum Gasteiger partial charge on any atom is 0.187 e. The van der Waals surface area contributed by atoms with Gasteiger partial charge in [0.15, 0.2) is 5.78 Å². The van der Waals surface area contributed by atoms with Crippen molar-refractivity contribution in [3.05, 3.63) is 78.0 Å². The Labute approximate surface area is 111 Å². The molecular formula is C16H12N2O. The second-order valence-corrected chi connectivity index (χ2v) is 3.87. The Hall–Kier alpha value is -2.86. The van der Waals surface area contributed by atoms with Gasteiger partial charge >= 0.3 is 0 Å². The lowest BCUT2D eigenvalue weighted by atomic mass is 10.1. The van der Waals surface area contributed by atoms with E-state index < -0.39 is 0 Å². The fourth-order valence-electron chi connectivity index (χ4n) is 1.61. The van der Waals surface area contributed by atoms with Crippen LogP contribution in [0.15, 0.2) is 66.9 Å². The van der Waals surface area contributed by atoms with Crippen molar-refractivity contribution >= 4 is 11.5 Å². The number of nitriles is 1. The van der Waals surface area contributed by atoms with Gasteiger partial charge < -0.3 is 5.32 Å². The van der Waals surface area contributed by atoms with Gasteiger partial charge in [0.25, 0.3) is 0 Å². The Bertz CT molecular complexity index is 639. The Balaban J connectivity index is 2.05. The van der Waals surface area contributed by atoms with Gasteiger partial charge in [-0.2, -0.15) is 5.26 Å². The summed E-state index contributed by atoms with van der Waals surface area (Å²) in [4.78, 5) is 11.8. The molecule has 0 aliphatic rings. The van der Waals surface area contributed by atoms with E-state index in [0.29, 0.717) is 16.8 Å². The number of nitrogens with one attached hydrogen (secondary N) is 1. The number of ketones is 1. The van der Waals surface area contributed by atoms with Crippen LogP contribution < -0.4 is 5.32 Å². The molecule has 0 radical (unpaired) electrons. The van der Waals surface area contributed by atoms with Gasteiger partial charge in [-0.15, -0.1) is 0 Å². The summed E-state index contributed by atoms with van der Waals surface area (Å²) < 4.78 is 0. The lowest BCUT2D eigenvalue weighted by Gasteiger charge is -2.02. The van der Waals surface area contributed by atoms with Crippen LogP contribution in [0.4, 0.5) is 5.69 Å². The fraction of sp³-hybridized carbons (Fsp3) is 0. The van der Waals surface area contributed by atoms with Crippen molar-refractivity contribution in [3.8, 4) is 6.07 Å². The molecule has 0 unspecified atom stereocenters. The fourth-order valence-corrected chi connectivity index (χ4v) is 1.61. The largest absolute Gasteiger partial charge is 0.360 e. The molecule has 3 nitrogen and oxygen atoms in total. The van der Waals surface area contributed by atoms with Gasteiger partial charge in [-0.05, 0) is 12.1 Å². The minimum absolute atomic E-state index is 0.0810. The Morgan fingerprint density at radius 3 is 2.47 bits per heavy atom. The van der Waals surface area contributed by atoms with Crippen molar-refractivity contribution in [2.24, 2.45) is 0 Å². The average Bonchev–Trinajstić information content (AvgIpc) is 2.48. The minimum Gasteiger partial charge on any atom is -0.360 e. The van der Waals surface area contributed by atoms with Crippen molar-refractivity contribution in [1.82, 2.24) is 0 Å². The molecule has 0 fully saturated rings. The van der Waals surface area contributed by atoms with Gasteiger partial charge in [-0.25, -0.2) is 0 Å². The van der Waals surface area contributed by atoms with Crippen molar-refractivity contribution in [3.63, 3.8) is 0 Å². The molecule has 0 aromatic heterocycles. The van der Waals surface area contributed by atoms with Crippen molar-refractivity contribution in [1.29, 1.82) is 5.26 Å². The second-order valence-electron chi connectivity index (χ2n) is 3.87. The van der Waals surface area contributed by atoms with Gasteiger partial charge in [0, 0.05) is 17.8 Å². The van der Waals surface area contributed by atoms with Crippen LogP contribution in [-0.2, 0) is 0 Å². The maximum atomic E-state index is 11.8. The molecule has 3 heteroatoms. The van der Waals surface area contributed by atoms with E-state index in [1.807, 2.05) is 24.3 Å². The molecule has 1 N–H and O–H groups in total. The van der Waals surface area contributed by atoms with Gasteiger partial charge in [0.05, 0.1) is 11.3 Å². The number of nitrogens with zero attached hydrogens (tertiary/aromatic N) is 1. The highest BCUT2D eigenvalue weighted by atomic mass is 16.1. The highest BCUT2D eigenvalue weighted by Gasteiger charge is 2.00. The molecule has 0 saturated heterocycles. The molecule has 0 bridgehead atoms. The molecule has 92 valence electrons. The van der Waals surface area contributed by atoms with Crippen LogP contribution in [0, 0.1) is 11.3 Å². The van der Waals surface area contributed by atoms with Crippen LogP contribution in [0.5, 0.6) is 0 Å². The normalized spacial score (nSPS) is 10.1. The first kappa shape index (κ1) is 12.6. The lowest BCUT2D eigenvalue weighted by Crippen LogP contribution is -1.96. The third-order valence-corrected chi connectivity index (χ3v) is 2.58. The lowest BCUT2D eigenvalue weighted by molar-refractivity contribution is 0.104. The van der Waals surface area contributed by atoms with Crippen molar-refractivity contribution in [2.45, 2.75) is 0 Å². The number of hydrogen-bond donors (Lipinski definition) is 1. The molecule has 0 aliphatic heterocycles. The number of anilines is 1. The number of allylic oxidation sites excluding steroid dienone is 1. The average molecular weight is 248 g/mol. The monoisotopic (exact) mass is 248 g/mol. The molecule has 0 heterocycles. The zero-order valence-electron chi connectivity index (χ0n) is 10.2. The van der Waals surface area contributed by atoms with Crippen LogP contribution in [0.3, 0.4) is 0 Å². The van der Waals surface area contributed by atoms with E-state index in [1.165, 1.54) is 6.08 Å². The zero-order valence-corrected chi connectivity index (χ0v) is 10.2.